The summed E-state index contributed by atoms with van der Waals surface area (Å²) in [6.07, 6.45) is 4.36. The second-order valence-electron chi connectivity index (χ2n) is 3.59. The molecule has 2 N–H and O–H groups in total. The van der Waals surface area contributed by atoms with E-state index < -0.39 is 0 Å². The summed E-state index contributed by atoms with van der Waals surface area (Å²) < 4.78 is 5.05. The molecule has 8 nitrogen and oxygen atoms in total. The summed E-state index contributed by atoms with van der Waals surface area (Å²) >= 11 is 4.95. The first-order valence-corrected chi connectivity index (χ1v) is 6.19. The lowest BCUT2D eigenvalue weighted by Crippen LogP contribution is -2.33. The van der Waals surface area contributed by atoms with Crippen LogP contribution in [0.3, 0.4) is 0 Å². The number of amides is 1. The summed E-state index contributed by atoms with van der Waals surface area (Å²) in [4.78, 5) is 13.0. The second kappa shape index (κ2) is 6.57. The number of anilines is 1. The van der Waals surface area contributed by atoms with Crippen LogP contribution in [0.2, 0.25) is 0 Å². The van der Waals surface area contributed by atoms with Crippen molar-refractivity contribution in [1.29, 1.82) is 0 Å². The molecule has 0 atom stereocenters. The number of nitrogens with zero attached hydrogens (tertiary/aromatic N) is 4. The van der Waals surface area contributed by atoms with Gasteiger partial charge in [-0.1, -0.05) is 5.10 Å². The van der Waals surface area contributed by atoms with E-state index in [1.807, 2.05) is 6.92 Å². The third-order valence-corrected chi connectivity index (χ3v) is 2.34. The van der Waals surface area contributed by atoms with Gasteiger partial charge in [-0.25, -0.2) is 0 Å². The van der Waals surface area contributed by atoms with Crippen molar-refractivity contribution in [2.45, 2.75) is 13.5 Å². The normalized spacial score (nSPS) is 10.7. The largest absolute Gasteiger partial charge is 0.465 e. The van der Waals surface area contributed by atoms with Crippen LogP contribution in [-0.2, 0) is 11.3 Å². The molecule has 0 radical (unpaired) electrons. The molecule has 0 unspecified atom stereocenters. The summed E-state index contributed by atoms with van der Waals surface area (Å²) in [5.41, 5.74) is 0. The molecule has 2 aromatic rings. The van der Waals surface area contributed by atoms with Gasteiger partial charge in [-0.3, -0.25) is 15.4 Å². The Morgan fingerprint density at radius 2 is 2.45 bits per heavy atom. The number of aromatic nitrogens is 4. The smallest absolute Gasteiger partial charge is 0.269 e. The van der Waals surface area contributed by atoms with Crippen LogP contribution in [0.15, 0.2) is 28.9 Å². The standard InChI is InChI=1S/C11H12N6O2S/c1-2-17-15-10(14-16-17)13-11(20)12-9(18)6-5-8-4-3-7-19-8/h3-7H,2H2,1H3,(H2,12,13,15,18,20). The van der Waals surface area contributed by atoms with E-state index in [2.05, 4.69) is 26.0 Å². The summed E-state index contributed by atoms with van der Waals surface area (Å²) in [7, 11) is 0. The molecule has 20 heavy (non-hydrogen) atoms. The van der Waals surface area contributed by atoms with Crippen molar-refractivity contribution in [2.75, 3.05) is 5.32 Å². The molecule has 9 heteroatoms. The Bertz CT molecular complexity index is 619. The SMILES string of the molecule is CCn1nnc(NC(=S)NC(=O)C=Cc2ccco2)n1. The predicted molar refractivity (Wildman–Crippen MR) is 75.6 cm³/mol. The van der Waals surface area contributed by atoms with Gasteiger partial charge < -0.3 is 4.42 Å². The molecule has 2 aromatic heterocycles. The molecule has 0 aliphatic rings. The summed E-state index contributed by atoms with van der Waals surface area (Å²) in [5, 5.41) is 16.6. The average molecular weight is 292 g/mol. The molecule has 0 fully saturated rings. The summed E-state index contributed by atoms with van der Waals surface area (Å²) in [6, 6.07) is 3.46. The summed E-state index contributed by atoms with van der Waals surface area (Å²) in [5.74, 6) is 0.417. The molecule has 0 saturated carbocycles. The van der Waals surface area contributed by atoms with Crippen molar-refractivity contribution in [2.24, 2.45) is 0 Å². The zero-order chi connectivity index (χ0) is 14.4. The first kappa shape index (κ1) is 13.9. The fourth-order valence-corrected chi connectivity index (χ4v) is 1.45. The highest BCUT2D eigenvalue weighted by Gasteiger charge is 2.05. The number of hydrogen-bond donors (Lipinski definition) is 2. The highest BCUT2D eigenvalue weighted by Crippen LogP contribution is 2.01. The first-order chi connectivity index (χ1) is 9.67. The van der Waals surface area contributed by atoms with Crippen LogP contribution in [0, 0.1) is 0 Å². The molecular formula is C11H12N6O2S. The van der Waals surface area contributed by atoms with E-state index in [0.29, 0.717) is 12.3 Å². The van der Waals surface area contributed by atoms with Gasteiger partial charge in [0, 0.05) is 6.08 Å². The van der Waals surface area contributed by atoms with E-state index >= 15 is 0 Å². The maximum absolute atomic E-state index is 11.6. The Balaban J connectivity index is 1.83. The first-order valence-electron chi connectivity index (χ1n) is 5.78. The van der Waals surface area contributed by atoms with E-state index in [-0.39, 0.29) is 17.0 Å². The maximum Gasteiger partial charge on any atom is 0.269 e. The van der Waals surface area contributed by atoms with Crippen molar-refractivity contribution in [3.63, 3.8) is 0 Å². The molecule has 2 rings (SSSR count). The molecule has 0 aliphatic carbocycles. The van der Waals surface area contributed by atoms with Crippen molar-refractivity contribution in [1.82, 2.24) is 25.5 Å². The molecule has 104 valence electrons. The summed E-state index contributed by atoms with van der Waals surface area (Å²) in [6.45, 7) is 2.48. The van der Waals surface area contributed by atoms with Gasteiger partial charge in [0.1, 0.15) is 5.76 Å². The minimum Gasteiger partial charge on any atom is -0.465 e. The monoisotopic (exact) mass is 292 g/mol. The minimum atomic E-state index is -0.387. The van der Waals surface area contributed by atoms with Crippen LogP contribution in [-0.4, -0.2) is 31.2 Å². The number of hydrogen-bond acceptors (Lipinski definition) is 6. The number of rotatable bonds is 4. The van der Waals surface area contributed by atoms with Crippen LogP contribution >= 0.6 is 12.2 Å². The Kier molecular flexibility index (Phi) is 4.56. The van der Waals surface area contributed by atoms with E-state index in [0.717, 1.165) is 0 Å². The quantitative estimate of drug-likeness (QED) is 0.635. The lowest BCUT2D eigenvalue weighted by atomic mass is 10.4. The van der Waals surface area contributed by atoms with Gasteiger partial charge in [-0.05, 0) is 42.6 Å². The topological polar surface area (TPSA) is 97.9 Å². The Morgan fingerprint density at radius 1 is 1.60 bits per heavy atom. The number of thiocarbonyl (C=S) groups is 1. The molecule has 0 aliphatic heterocycles. The van der Waals surface area contributed by atoms with E-state index in [4.69, 9.17) is 16.6 Å². The number of furan rings is 1. The third-order valence-electron chi connectivity index (χ3n) is 2.14. The lowest BCUT2D eigenvalue weighted by Gasteiger charge is -2.03. The molecule has 0 saturated heterocycles. The van der Waals surface area contributed by atoms with Crippen molar-refractivity contribution in [3.8, 4) is 0 Å². The van der Waals surface area contributed by atoms with Gasteiger partial charge in [0.05, 0.1) is 12.8 Å². The Morgan fingerprint density at radius 3 is 3.10 bits per heavy atom. The van der Waals surface area contributed by atoms with Gasteiger partial charge in [0.25, 0.3) is 5.95 Å². The van der Waals surface area contributed by atoms with Gasteiger partial charge in [0.2, 0.25) is 5.91 Å². The number of carbonyl (C=O) groups is 1. The predicted octanol–water partition coefficient (Wildman–Crippen LogP) is 0.812. The van der Waals surface area contributed by atoms with Crippen LogP contribution in [0.1, 0.15) is 12.7 Å². The lowest BCUT2D eigenvalue weighted by molar-refractivity contribution is -0.115. The van der Waals surface area contributed by atoms with Crippen LogP contribution < -0.4 is 10.6 Å². The molecule has 2 heterocycles. The van der Waals surface area contributed by atoms with Gasteiger partial charge in [0.15, 0.2) is 5.11 Å². The maximum atomic E-state index is 11.6. The number of carbonyl (C=O) groups excluding carboxylic acids is 1. The van der Waals surface area contributed by atoms with E-state index in [1.54, 1.807) is 12.1 Å². The molecule has 0 bridgehead atoms. The Hall–Kier alpha value is -2.55. The number of tetrazole rings is 1. The van der Waals surface area contributed by atoms with E-state index in [9.17, 15) is 4.79 Å². The fraction of sp³-hybridized carbons (Fsp3) is 0.182. The molecule has 1 amide bonds. The van der Waals surface area contributed by atoms with E-state index in [1.165, 1.54) is 23.2 Å². The zero-order valence-electron chi connectivity index (χ0n) is 10.6. The fourth-order valence-electron chi connectivity index (χ4n) is 1.26. The molecule has 0 spiro atoms. The molecular weight excluding hydrogens is 280 g/mol. The van der Waals surface area contributed by atoms with Crippen molar-refractivity contribution in [3.05, 3.63) is 30.2 Å². The van der Waals surface area contributed by atoms with Crippen molar-refractivity contribution < 1.29 is 9.21 Å². The average Bonchev–Trinajstić information content (AvgIpc) is 3.06. The van der Waals surface area contributed by atoms with Gasteiger partial charge in [-0.15, -0.1) is 5.10 Å². The highest BCUT2D eigenvalue weighted by molar-refractivity contribution is 7.80. The van der Waals surface area contributed by atoms with Crippen LogP contribution in [0.5, 0.6) is 0 Å². The van der Waals surface area contributed by atoms with Gasteiger partial charge in [-0.2, -0.15) is 4.80 Å². The van der Waals surface area contributed by atoms with Gasteiger partial charge >= 0.3 is 0 Å². The zero-order valence-corrected chi connectivity index (χ0v) is 11.4. The highest BCUT2D eigenvalue weighted by atomic mass is 32.1. The van der Waals surface area contributed by atoms with Crippen LogP contribution in [0.4, 0.5) is 5.95 Å². The number of aryl methyl sites for hydroxylation is 1. The van der Waals surface area contributed by atoms with Crippen molar-refractivity contribution >= 4 is 35.3 Å². The number of nitrogens with one attached hydrogen (secondary N) is 2. The molecule has 0 aromatic carbocycles. The minimum absolute atomic E-state index is 0.0924. The van der Waals surface area contributed by atoms with Crippen LogP contribution in [0.25, 0.3) is 6.08 Å². The second-order valence-corrected chi connectivity index (χ2v) is 4.00. The Labute approximate surface area is 119 Å². The third kappa shape index (κ3) is 3.99.